The summed E-state index contributed by atoms with van der Waals surface area (Å²) in [5.41, 5.74) is 0.870. The van der Waals surface area contributed by atoms with Gasteiger partial charge in [0.2, 0.25) is 5.01 Å². The quantitative estimate of drug-likeness (QED) is 0.826. The lowest BCUT2D eigenvalue weighted by atomic mass is 10.3. The molecular formula is C13H22N4O2S. The SMILES string of the molecule is CN(C)CCN1CCN(Cc2csc(C(=O)O)n2)CC1. The number of thiazole rings is 1. The number of aromatic carboxylic acids is 1. The maximum Gasteiger partial charge on any atom is 0.365 e. The molecule has 0 aliphatic carbocycles. The number of nitrogens with zero attached hydrogens (tertiary/aromatic N) is 4. The first-order chi connectivity index (χ1) is 9.54. The Balaban J connectivity index is 1.75. The van der Waals surface area contributed by atoms with Gasteiger partial charge >= 0.3 is 5.97 Å². The van der Waals surface area contributed by atoms with Crippen molar-refractivity contribution in [1.82, 2.24) is 19.7 Å². The van der Waals surface area contributed by atoms with Gasteiger partial charge in [-0.2, -0.15) is 0 Å². The molecule has 6 nitrogen and oxygen atoms in total. The number of likely N-dealkylation sites (N-methyl/N-ethyl adjacent to an activating group) is 1. The van der Waals surface area contributed by atoms with Crippen LogP contribution in [0.5, 0.6) is 0 Å². The van der Waals surface area contributed by atoms with Crippen LogP contribution in [0.25, 0.3) is 0 Å². The summed E-state index contributed by atoms with van der Waals surface area (Å²) in [6.07, 6.45) is 0. The Morgan fingerprint density at radius 1 is 1.35 bits per heavy atom. The Morgan fingerprint density at radius 3 is 2.55 bits per heavy atom. The smallest absolute Gasteiger partial charge is 0.365 e. The number of hydrogen-bond acceptors (Lipinski definition) is 6. The van der Waals surface area contributed by atoms with E-state index in [1.807, 2.05) is 5.38 Å². The van der Waals surface area contributed by atoms with Crippen LogP contribution >= 0.6 is 11.3 Å². The lowest BCUT2D eigenvalue weighted by Crippen LogP contribution is -2.47. The molecule has 0 bridgehead atoms. The highest BCUT2D eigenvalue weighted by Gasteiger charge is 2.18. The summed E-state index contributed by atoms with van der Waals surface area (Å²) in [5.74, 6) is -0.935. The minimum atomic E-state index is -0.935. The first-order valence-electron chi connectivity index (χ1n) is 6.82. The van der Waals surface area contributed by atoms with Gasteiger partial charge in [0, 0.05) is 51.2 Å². The van der Waals surface area contributed by atoms with E-state index in [9.17, 15) is 4.79 Å². The van der Waals surface area contributed by atoms with Crippen molar-refractivity contribution in [2.45, 2.75) is 6.54 Å². The number of carboxylic acids is 1. The Labute approximate surface area is 123 Å². The topological polar surface area (TPSA) is 59.9 Å². The van der Waals surface area contributed by atoms with Gasteiger partial charge in [-0.05, 0) is 14.1 Å². The normalized spacial score (nSPS) is 17.8. The summed E-state index contributed by atoms with van der Waals surface area (Å²) in [6.45, 7) is 7.15. The average molecular weight is 298 g/mol. The third-order valence-corrected chi connectivity index (χ3v) is 4.33. The summed E-state index contributed by atoms with van der Waals surface area (Å²) in [4.78, 5) is 22.0. The number of carbonyl (C=O) groups is 1. The van der Waals surface area contributed by atoms with Crippen LogP contribution in [0, 0.1) is 0 Å². The number of carboxylic acid groups (broad SMARTS) is 1. The van der Waals surface area contributed by atoms with Gasteiger partial charge in [0.25, 0.3) is 0 Å². The van der Waals surface area contributed by atoms with Crippen LogP contribution in [0.1, 0.15) is 15.5 Å². The lowest BCUT2D eigenvalue weighted by molar-refractivity contribution is 0.0695. The Kier molecular flexibility index (Phi) is 5.47. The lowest BCUT2D eigenvalue weighted by Gasteiger charge is -2.34. The van der Waals surface area contributed by atoms with Gasteiger partial charge < -0.3 is 10.0 Å². The predicted octanol–water partition coefficient (Wildman–Crippen LogP) is 0.521. The van der Waals surface area contributed by atoms with Crippen molar-refractivity contribution >= 4 is 17.3 Å². The summed E-state index contributed by atoms with van der Waals surface area (Å²) in [7, 11) is 4.19. The van der Waals surface area contributed by atoms with Crippen LogP contribution in [0.4, 0.5) is 0 Å². The van der Waals surface area contributed by atoms with Crippen molar-refractivity contribution in [2.24, 2.45) is 0 Å². The van der Waals surface area contributed by atoms with E-state index in [2.05, 4.69) is 33.8 Å². The third-order valence-electron chi connectivity index (χ3n) is 3.45. The van der Waals surface area contributed by atoms with Crippen LogP contribution in [0.15, 0.2) is 5.38 Å². The minimum Gasteiger partial charge on any atom is -0.476 e. The van der Waals surface area contributed by atoms with Crippen LogP contribution in [-0.2, 0) is 6.54 Å². The molecule has 0 spiro atoms. The van der Waals surface area contributed by atoms with E-state index >= 15 is 0 Å². The van der Waals surface area contributed by atoms with Gasteiger partial charge in [0.1, 0.15) is 0 Å². The average Bonchev–Trinajstić information content (AvgIpc) is 2.86. The van der Waals surface area contributed by atoms with E-state index < -0.39 is 5.97 Å². The second kappa shape index (κ2) is 7.12. The summed E-state index contributed by atoms with van der Waals surface area (Å²) in [5, 5.41) is 10.9. The number of rotatable bonds is 6. The predicted molar refractivity (Wildman–Crippen MR) is 79.3 cm³/mol. The van der Waals surface area contributed by atoms with Gasteiger partial charge in [-0.15, -0.1) is 11.3 Å². The fourth-order valence-electron chi connectivity index (χ4n) is 2.22. The molecule has 20 heavy (non-hydrogen) atoms. The zero-order chi connectivity index (χ0) is 14.5. The van der Waals surface area contributed by atoms with Crippen LogP contribution in [0.2, 0.25) is 0 Å². The molecule has 0 atom stereocenters. The number of piperazine rings is 1. The zero-order valence-corrected chi connectivity index (χ0v) is 12.9. The maximum absolute atomic E-state index is 10.8. The van der Waals surface area contributed by atoms with Crippen LogP contribution in [0.3, 0.4) is 0 Å². The van der Waals surface area contributed by atoms with Gasteiger partial charge in [-0.3, -0.25) is 9.80 Å². The van der Waals surface area contributed by atoms with E-state index in [0.29, 0.717) is 0 Å². The monoisotopic (exact) mass is 298 g/mol. The molecule has 0 unspecified atom stereocenters. The van der Waals surface area contributed by atoms with Gasteiger partial charge in [0.05, 0.1) is 5.69 Å². The van der Waals surface area contributed by atoms with Crippen molar-refractivity contribution in [2.75, 3.05) is 53.4 Å². The van der Waals surface area contributed by atoms with E-state index in [-0.39, 0.29) is 5.01 Å². The molecule has 2 rings (SSSR count). The minimum absolute atomic E-state index is 0.185. The highest BCUT2D eigenvalue weighted by molar-refractivity contribution is 7.11. The van der Waals surface area contributed by atoms with Gasteiger partial charge in [-0.1, -0.05) is 0 Å². The van der Waals surface area contributed by atoms with Crippen LogP contribution in [-0.4, -0.2) is 84.1 Å². The molecule has 1 fully saturated rings. The molecule has 112 valence electrons. The molecule has 1 aromatic rings. The molecule has 1 N–H and O–H groups in total. The molecule has 1 aromatic heterocycles. The molecule has 2 heterocycles. The van der Waals surface area contributed by atoms with Crippen molar-refractivity contribution in [3.63, 3.8) is 0 Å². The molecule has 0 aromatic carbocycles. The van der Waals surface area contributed by atoms with E-state index in [1.165, 1.54) is 11.3 Å². The molecule has 0 amide bonds. The molecule has 1 aliphatic heterocycles. The maximum atomic E-state index is 10.8. The first-order valence-corrected chi connectivity index (χ1v) is 7.69. The largest absolute Gasteiger partial charge is 0.476 e. The standard InChI is InChI=1S/C13H22N4O2S/c1-15(2)3-4-16-5-7-17(8-6-16)9-11-10-20-12(14-11)13(18)19/h10H,3-9H2,1-2H3,(H,18,19). The number of hydrogen-bond donors (Lipinski definition) is 1. The van der Waals surface area contributed by atoms with E-state index in [0.717, 1.165) is 51.5 Å². The Hall–Kier alpha value is -1.02. The summed E-state index contributed by atoms with van der Waals surface area (Å²) >= 11 is 1.20. The number of aromatic nitrogens is 1. The van der Waals surface area contributed by atoms with Crippen molar-refractivity contribution in [3.05, 3.63) is 16.1 Å². The molecule has 1 aliphatic rings. The third kappa shape index (κ3) is 4.52. The fourth-order valence-corrected chi connectivity index (χ4v) is 2.87. The van der Waals surface area contributed by atoms with Crippen molar-refractivity contribution < 1.29 is 9.90 Å². The second-order valence-electron chi connectivity index (χ2n) is 5.37. The Morgan fingerprint density at radius 2 is 2.00 bits per heavy atom. The Bertz CT molecular complexity index is 441. The second-order valence-corrected chi connectivity index (χ2v) is 6.23. The molecule has 0 radical (unpaired) electrons. The fraction of sp³-hybridized carbons (Fsp3) is 0.692. The van der Waals surface area contributed by atoms with E-state index in [4.69, 9.17) is 5.11 Å². The summed E-state index contributed by atoms with van der Waals surface area (Å²) < 4.78 is 0. The molecule has 0 saturated carbocycles. The van der Waals surface area contributed by atoms with Gasteiger partial charge in [-0.25, -0.2) is 9.78 Å². The summed E-state index contributed by atoms with van der Waals surface area (Å²) in [6, 6.07) is 0. The van der Waals surface area contributed by atoms with E-state index in [1.54, 1.807) is 0 Å². The molecular weight excluding hydrogens is 276 g/mol. The highest BCUT2D eigenvalue weighted by Crippen LogP contribution is 2.13. The zero-order valence-electron chi connectivity index (χ0n) is 12.1. The van der Waals surface area contributed by atoms with Crippen LogP contribution < -0.4 is 0 Å². The molecule has 7 heteroatoms. The van der Waals surface area contributed by atoms with Gasteiger partial charge in [0.15, 0.2) is 0 Å². The van der Waals surface area contributed by atoms with Crippen molar-refractivity contribution in [3.8, 4) is 0 Å². The molecule has 1 saturated heterocycles. The van der Waals surface area contributed by atoms with Crippen molar-refractivity contribution in [1.29, 1.82) is 0 Å². The highest BCUT2D eigenvalue weighted by atomic mass is 32.1. The first kappa shape index (κ1) is 15.4.